The first-order valence-electron chi connectivity index (χ1n) is 5.95. The summed E-state index contributed by atoms with van der Waals surface area (Å²) in [7, 11) is 0. The summed E-state index contributed by atoms with van der Waals surface area (Å²) in [5.74, 6) is 1.28. The van der Waals surface area contributed by atoms with E-state index in [4.69, 9.17) is 5.73 Å². The Labute approximate surface area is 106 Å². The monoisotopic (exact) mass is 243 g/mol. The number of pyridine rings is 1. The molecular weight excluding hydrogens is 226 g/mol. The molecule has 0 saturated carbocycles. The Balaban J connectivity index is 2.43. The number of hydrogen-bond donors (Lipinski definition) is 2. The number of hydrogen-bond acceptors (Lipinski definition) is 5. The van der Waals surface area contributed by atoms with Gasteiger partial charge in [0.1, 0.15) is 11.6 Å². The maximum absolute atomic E-state index is 5.93. The number of nitrogen functional groups attached to an aromatic ring is 1. The zero-order valence-electron chi connectivity index (χ0n) is 10.6. The molecule has 0 aliphatic rings. The van der Waals surface area contributed by atoms with Crippen LogP contribution in [0, 0.1) is 6.92 Å². The van der Waals surface area contributed by atoms with Gasteiger partial charge in [0.25, 0.3) is 0 Å². The summed E-state index contributed by atoms with van der Waals surface area (Å²) in [6, 6.07) is 5.69. The molecule has 0 fully saturated rings. The lowest BCUT2D eigenvalue weighted by Crippen LogP contribution is -2.24. The second-order valence-electron chi connectivity index (χ2n) is 4.00. The molecule has 0 radical (unpaired) electrons. The second kappa shape index (κ2) is 5.55. The summed E-state index contributed by atoms with van der Waals surface area (Å²) < 4.78 is 0. The van der Waals surface area contributed by atoms with Gasteiger partial charge in [-0.2, -0.15) is 0 Å². The third kappa shape index (κ3) is 2.62. The molecule has 0 aliphatic carbocycles. The first-order valence-corrected chi connectivity index (χ1v) is 5.95. The highest BCUT2D eigenvalue weighted by Crippen LogP contribution is 2.23. The van der Waals surface area contributed by atoms with E-state index in [1.54, 1.807) is 12.4 Å². The lowest BCUT2D eigenvalue weighted by atomic mass is 10.0. The molecular formula is C13H17N5. The zero-order valence-corrected chi connectivity index (χ0v) is 10.6. The number of anilines is 1. The molecule has 0 saturated heterocycles. The fraction of sp³-hybridized carbons (Fsp3) is 0.308. The number of nitrogens with one attached hydrogen (secondary N) is 1. The minimum Gasteiger partial charge on any atom is -0.383 e. The van der Waals surface area contributed by atoms with Gasteiger partial charge in [-0.1, -0.05) is 13.0 Å². The Bertz CT molecular complexity index is 526. The van der Waals surface area contributed by atoms with Crippen molar-refractivity contribution in [1.29, 1.82) is 0 Å². The lowest BCUT2D eigenvalue weighted by Gasteiger charge is -2.19. The van der Waals surface area contributed by atoms with Crippen molar-refractivity contribution in [3.63, 3.8) is 0 Å². The average molecular weight is 243 g/mol. The molecule has 0 amide bonds. The first-order chi connectivity index (χ1) is 8.72. The Morgan fingerprint density at radius 1 is 1.28 bits per heavy atom. The molecule has 2 heterocycles. The van der Waals surface area contributed by atoms with Crippen LogP contribution >= 0.6 is 0 Å². The Morgan fingerprint density at radius 2 is 2.11 bits per heavy atom. The van der Waals surface area contributed by atoms with Crippen LogP contribution in [0.2, 0.25) is 0 Å². The van der Waals surface area contributed by atoms with Gasteiger partial charge in [0, 0.05) is 18.0 Å². The Kier molecular flexibility index (Phi) is 3.84. The van der Waals surface area contributed by atoms with Crippen LogP contribution in [-0.4, -0.2) is 21.5 Å². The molecule has 0 bridgehead atoms. The number of nitrogens with two attached hydrogens (primary N) is 1. The zero-order chi connectivity index (χ0) is 13.0. The predicted octanol–water partition coefficient (Wildman–Crippen LogP) is 1.46. The van der Waals surface area contributed by atoms with E-state index in [-0.39, 0.29) is 6.04 Å². The summed E-state index contributed by atoms with van der Waals surface area (Å²) >= 11 is 0. The third-order valence-electron chi connectivity index (χ3n) is 2.68. The molecule has 2 rings (SSSR count). The Hall–Kier alpha value is -2.01. The van der Waals surface area contributed by atoms with Gasteiger partial charge in [0.15, 0.2) is 0 Å². The molecule has 18 heavy (non-hydrogen) atoms. The molecule has 3 N–H and O–H groups in total. The van der Waals surface area contributed by atoms with E-state index in [0.717, 1.165) is 23.6 Å². The first kappa shape index (κ1) is 12.4. The largest absolute Gasteiger partial charge is 0.383 e. The van der Waals surface area contributed by atoms with Crippen LogP contribution in [-0.2, 0) is 0 Å². The van der Waals surface area contributed by atoms with E-state index in [0.29, 0.717) is 5.82 Å². The number of aryl methyl sites for hydroxylation is 1. The van der Waals surface area contributed by atoms with E-state index in [1.165, 1.54) is 0 Å². The third-order valence-corrected chi connectivity index (χ3v) is 2.68. The van der Waals surface area contributed by atoms with Gasteiger partial charge in [0.2, 0.25) is 0 Å². The van der Waals surface area contributed by atoms with Crippen molar-refractivity contribution in [2.75, 3.05) is 12.3 Å². The second-order valence-corrected chi connectivity index (χ2v) is 4.00. The highest BCUT2D eigenvalue weighted by Gasteiger charge is 2.17. The van der Waals surface area contributed by atoms with Crippen molar-refractivity contribution < 1.29 is 0 Å². The molecule has 0 aromatic carbocycles. The van der Waals surface area contributed by atoms with Crippen molar-refractivity contribution >= 4 is 5.82 Å². The van der Waals surface area contributed by atoms with Crippen molar-refractivity contribution in [2.24, 2.45) is 0 Å². The van der Waals surface area contributed by atoms with E-state index in [9.17, 15) is 0 Å². The fourth-order valence-electron chi connectivity index (χ4n) is 1.89. The van der Waals surface area contributed by atoms with Gasteiger partial charge < -0.3 is 11.1 Å². The molecule has 1 atom stereocenters. The summed E-state index contributed by atoms with van der Waals surface area (Å²) in [6.07, 6.45) is 3.45. The standard InChI is InChI=1S/C13H17N5/c1-3-15-12(10-5-4-7-17-13(10)14)11-6-8-16-9(2)18-11/h4-8,12,15H,3H2,1-2H3,(H2,14,17). The van der Waals surface area contributed by atoms with Gasteiger partial charge in [-0.15, -0.1) is 0 Å². The summed E-state index contributed by atoms with van der Waals surface area (Å²) in [5.41, 5.74) is 7.78. The number of rotatable bonds is 4. The minimum atomic E-state index is -0.0506. The lowest BCUT2D eigenvalue weighted by molar-refractivity contribution is 0.611. The van der Waals surface area contributed by atoms with Crippen LogP contribution in [0.3, 0.4) is 0 Å². The van der Waals surface area contributed by atoms with Gasteiger partial charge in [0.05, 0.1) is 11.7 Å². The fourth-order valence-corrected chi connectivity index (χ4v) is 1.89. The molecule has 5 heteroatoms. The topological polar surface area (TPSA) is 76.7 Å². The van der Waals surface area contributed by atoms with E-state index in [1.807, 2.05) is 32.0 Å². The van der Waals surface area contributed by atoms with Crippen molar-refractivity contribution in [1.82, 2.24) is 20.3 Å². The Morgan fingerprint density at radius 3 is 2.78 bits per heavy atom. The van der Waals surface area contributed by atoms with Crippen LogP contribution in [0.5, 0.6) is 0 Å². The molecule has 94 valence electrons. The molecule has 0 aliphatic heterocycles. The van der Waals surface area contributed by atoms with Crippen LogP contribution in [0.25, 0.3) is 0 Å². The van der Waals surface area contributed by atoms with Gasteiger partial charge >= 0.3 is 0 Å². The normalized spacial score (nSPS) is 12.3. The van der Waals surface area contributed by atoms with Gasteiger partial charge in [-0.25, -0.2) is 15.0 Å². The number of aromatic nitrogens is 3. The van der Waals surface area contributed by atoms with E-state index < -0.39 is 0 Å². The summed E-state index contributed by atoms with van der Waals surface area (Å²) in [4.78, 5) is 12.7. The van der Waals surface area contributed by atoms with Crippen LogP contribution in [0.1, 0.15) is 30.0 Å². The van der Waals surface area contributed by atoms with Crippen molar-refractivity contribution in [3.05, 3.63) is 47.7 Å². The maximum atomic E-state index is 5.93. The van der Waals surface area contributed by atoms with Crippen LogP contribution in [0.15, 0.2) is 30.6 Å². The average Bonchev–Trinajstić information content (AvgIpc) is 2.37. The maximum Gasteiger partial charge on any atom is 0.128 e. The highest BCUT2D eigenvalue weighted by atomic mass is 15.0. The van der Waals surface area contributed by atoms with Crippen molar-refractivity contribution in [2.45, 2.75) is 19.9 Å². The van der Waals surface area contributed by atoms with Gasteiger partial charge in [-0.3, -0.25) is 0 Å². The van der Waals surface area contributed by atoms with Crippen molar-refractivity contribution in [3.8, 4) is 0 Å². The summed E-state index contributed by atoms with van der Waals surface area (Å²) in [5, 5.41) is 3.37. The SMILES string of the molecule is CCNC(c1ccnc(C)n1)c1cccnc1N. The molecule has 2 aromatic heterocycles. The molecule has 5 nitrogen and oxygen atoms in total. The quantitative estimate of drug-likeness (QED) is 0.850. The van der Waals surface area contributed by atoms with E-state index >= 15 is 0 Å². The highest BCUT2D eigenvalue weighted by molar-refractivity contribution is 5.44. The minimum absolute atomic E-state index is 0.0506. The van der Waals surface area contributed by atoms with Crippen LogP contribution in [0.4, 0.5) is 5.82 Å². The van der Waals surface area contributed by atoms with Crippen LogP contribution < -0.4 is 11.1 Å². The molecule has 1 unspecified atom stereocenters. The van der Waals surface area contributed by atoms with E-state index in [2.05, 4.69) is 20.3 Å². The molecule has 2 aromatic rings. The number of nitrogens with zero attached hydrogens (tertiary/aromatic N) is 3. The smallest absolute Gasteiger partial charge is 0.128 e. The van der Waals surface area contributed by atoms with Gasteiger partial charge in [-0.05, 0) is 25.6 Å². The predicted molar refractivity (Wildman–Crippen MR) is 70.9 cm³/mol. The summed E-state index contributed by atoms with van der Waals surface area (Å²) in [6.45, 7) is 4.74. The molecule has 0 spiro atoms.